The number of esters is 1. The number of ether oxygens (including phenoxy) is 1. The third-order valence-electron chi connectivity index (χ3n) is 7.41. The molecule has 190 valence electrons. The van der Waals surface area contributed by atoms with Crippen molar-refractivity contribution in [2.45, 2.75) is 50.4 Å². The van der Waals surface area contributed by atoms with Crippen molar-refractivity contribution in [2.75, 3.05) is 20.2 Å². The second-order valence-corrected chi connectivity index (χ2v) is 9.97. The fraction of sp³-hybridized carbons (Fsp3) is 0.407. The van der Waals surface area contributed by atoms with Crippen molar-refractivity contribution in [3.63, 3.8) is 0 Å². The molecule has 36 heavy (non-hydrogen) atoms. The summed E-state index contributed by atoms with van der Waals surface area (Å²) in [7, 11) is 1.41. The molecule has 0 bridgehead atoms. The van der Waals surface area contributed by atoms with Gasteiger partial charge in [0.2, 0.25) is 5.91 Å². The summed E-state index contributed by atoms with van der Waals surface area (Å²) in [4.78, 5) is 30.2. The normalized spacial score (nSPS) is 23.7. The molecule has 1 saturated heterocycles. The maximum atomic E-state index is 14.6. The number of carbonyl (C=O) groups is 2. The van der Waals surface area contributed by atoms with Gasteiger partial charge in [-0.2, -0.15) is 0 Å². The van der Waals surface area contributed by atoms with Crippen LogP contribution in [0.4, 0.5) is 4.39 Å². The molecule has 2 aliphatic rings. The summed E-state index contributed by atoms with van der Waals surface area (Å²) >= 11 is 5.99. The van der Waals surface area contributed by atoms with Crippen LogP contribution in [0, 0.1) is 5.82 Å². The Labute approximate surface area is 214 Å². The number of carbonyl (C=O) groups excluding carboxylic acids is 2. The van der Waals surface area contributed by atoms with E-state index in [2.05, 4.69) is 26.6 Å². The van der Waals surface area contributed by atoms with Gasteiger partial charge >= 0.3 is 5.97 Å². The number of nitrogens with zero attached hydrogens (tertiary/aromatic N) is 1. The third-order valence-corrected chi connectivity index (χ3v) is 7.71. The van der Waals surface area contributed by atoms with E-state index in [0.717, 1.165) is 34.1 Å². The van der Waals surface area contributed by atoms with Crippen molar-refractivity contribution < 1.29 is 18.7 Å². The highest BCUT2D eigenvalue weighted by Gasteiger charge is 2.48. The number of fused-ring (bicyclic) bond motifs is 5. The molecule has 3 heterocycles. The Hall–Kier alpha value is -2.94. The molecule has 1 amide bonds. The van der Waals surface area contributed by atoms with Gasteiger partial charge < -0.3 is 20.4 Å². The fourth-order valence-corrected chi connectivity index (χ4v) is 5.99. The zero-order valence-corrected chi connectivity index (χ0v) is 21.1. The van der Waals surface area contributed by atoms with Crippen LogP contribution in [0.25, 0.3) is 10.9 Å². The smallest absolute Gasteiger partial charge is 0.323 e. The Morgan fingerprint density at radius 2 is 1.94 bits per heavy atom. The third kappa shape index (κ3) is 4.61. The first-order valence-electron chi connectivity index (χ1n) is 12.2. The van der Waals surface area contributed by atoms with E-state index in [1.165, 1.54) is 20.1 Å². The van der Waals surface area contributed by atoms with E-state index in [0.29, 0.717) is 25.9 Å². The molecule has 2 aromatic carbocycles. The molecule has 0 spiro atoms. The molecule has 3 aromatic rings. The Morgan fingerprint density at radius 1 is 1.17 bits per heavy atom. The van der Waals surface area contributed by atoms with E-state index < -0.39 is 11.9 Å². The molecule has 1 aromatic heterocycles. The minimum Gasteiger partial charge on any atom is -0.468 e. The van der Waals surface area contributed by atoms with Gasteiger partial charge in [0.15, 0.2) is 0 Å². The van der Waals surface area contributed by atoms with Crippen LogP contribution in [0.2, 0.25) is 5.02 Å². The van der Waals surface area contributed by atoms with Crippen molar-refractivity contribution in [2.24, 2.45) is 0 Å². The molecule has 3 N–H and O–H groups in total. The number of amides is 1. The monoisotopic (exact) mass is 512 g/mol. The van der Waals surface area contributed by atoms with Crippen LogP contribution >= 0.6 is 11.6 Å². The van der Waals surface area contributed by atoms with Gasteiger partial charge in [0, 0.05) is 55.1 Å². The van der Waals surface area contributed by atoms with Crippen molar-refractivity contribution in [3.05, 3.63) is 70.1 Å². The lowest BCUT2D eigenvalue weighted by atomic mass is 9.79. The zero-order valence-electron chi connectivity index (χ0n) is 20.3. The number of piperidine rings is 1. The Balaban J connectivity index is 1.57. The topological polar surface area (TPSA) is 86.5 Å². The summed E-state index contributed by atoms with van der Waals surface area (Å²) in [6.45, 7) is 2.62. The lowest BCUT2D eigenvalue weighted by Gasteiger charge is -2.50. The minimum atomic E-state index is -0.504. The quantitative estimate of drug-likeness (QED) is 0.343. The van der Waals surface area contributed by atoms with Gasteiger partial charge in [0.05, 0.1) is 18.2 Å². The first kappa shape index (κ1) is 24.7. The van der Waals surface area contributed by atoms with Crippen LogP contribution < -0.4 is 10.6 Å². The summed E-state index contributed by atoms with van der Waals surface area (Å²) in [5.74, 6) is -0.853. The van der Waals surface area contributed by atoms with E-state index >= 15 is 0 Å². The summed E-state index contributed by atoms with van der Waals surface area (Å²) in [5.41, 5.74) is 4.01. The molecule has 9 heteroatoms. The number of H-pyrrole nitrogens is 1. The number of para-hydroxylation sites is 1. The number of benzene rings is 2. The second kappa shape index (κ2) is 10.2. The number of aromatic nitrogens is 1. The van der Waals surface area contributed by atoms with Crippen molar-refractivity contribution in [1.29, 1.82) is 0 Å². The molecular weight excluding hydrogens is 483 g/mol. The Morgan fingerprint density at radius 3 is 2.69 bits per heavy atom. The van der Waals surface area contributed by atoms with E-state index in [4.69, 9.17) is 16.3 Å². The molecule has 1 fully saturated rings. The highest BCUT2D eigenvalue weighted by molar-refractivity contribution is 6.30. The van der Waals surface area contributed by atoms with Crippen molar-refractivity contribution in [3.8, 4) is 0 Å². The van der Waals surface area contributed by atoms with Crippen molar-refractivity contribution in [1.82, 2.24) is 20.5 Å². The number of halogens is 2. The molecule has 7 nitrogen and oxygen atoms in total. The van der Waals surface area contributed by atoms with E-state index in [1.54, 1.807) is 6.07 Å². The maximum absolute atomic E-state index is 14.6. The second-order valence-electron chi connectivity index (χ2n) is 9.56. The van der Waals surface area contributed by atoms with E-state index in [1.807, 2.05) is 24.3 Å². The van der Waals surface area contributed by atoms with Gasteiger partial charge in [-0.05, 0) is 42.2 Å². The number of aromatic amines is 1. The van der Waals surface area contributed by atoms with Crippen LogP contribution in [0.15, 0.2) is 42.5 Å². The van der Waals surface area contributed by atoms with Crippen LogP contribution in [-0.2, 0) is 20.7 Å². The molecule has 2 aliphatic heterocycles. The number of rotatable bonds is 6. The molecule has 5 rings (SSSR count). The molecule has 0 aliphatic carbocycles. The van der Waals surface area contributed by atoms with Gasteiger partial charge in [-0.25, -0.2) is 4.39 Å². The summed E-state index contributed by atoms with van der Waals surface area (Å²) in [6.07, 6.45) is 1.93. The predicted molar refractivity (Wildman–Crippen MR) is 136 cm³/mol. The molecule has 0 saturated carbocycles. The molecule has 4 atom stereocenters. The minimum absolute atomic E-state index is 0.0668. The first-order chi connectivity index (χ1) is 17.4. The van der Waals surface area contributed by atoms with Gasteiger partial charge in [-0.1, -0.05) is 35.9 Å². The zero-order chi connectivity index (χ0) is 25.4. The average Bonchev–Trinajstić information content (AvgIpc) is 3.25. The fourth-order valence-electron chi connectivity index (χ4n) is 5.87. The number of nitrogens with one attached hydrogen (secondary N) is 3. The standard InChI is InChI=1S/C27H30ClFN4O3/c1-15(34)30-9-10-31-17-12-23(16-7-8-20(28)21(29)11-16)33-24(13-17)26-19(14-25(33)27(35)36-2)18-5-3-4-6-22(18)32-26/h3-8,11,17,23-25,31-32H,9-10,12-14H2,1-2H3,(H,30,34)/t17-,23+,24-,25+/m1/s1. The molecule has 0 unspecified atom stereocenters. The summed E-state index contributed by atoms with van der Waals surface area (Å²) in [6, 6.07) is 12.2. The van der Waals surface area contributed by atoms with Crippen LogP contribution in [0.5, 0.6) is 0 Å². The predicted octanol–water partition coefficient (Wildman–Crippen LogP) is 4.03. The number of hydrogen-bond donors (Lipinski definition) is 3. The van der Waals surface area contributed by atoms with E-state index in [9.17, 15) is 14.0 Å². The summed E-state index contributed by atoms with van der Waals surface area (Å²) < 4.78 is 19.8. The Bertz CT molecular complexity index is 1300. The summed E-state index contributed by atoms with van der Waals surface area (Å²) in [5, 5.41) is 7.56. The molecule has 0 radical (unpaired) electrons. The Kier molecular flexibility index (Phi) is 7.01. The van der Waals surface area contributed by atoms with Crippen LogP contribution in [-0.4, -0.2) is 54.0 Å². The SMILES string of the molecule is COC(=O)[C@@H]1Cc2c([nH]c3ccccc23)[C@H]2C[C@H](NCCNC(C)=O)C[C@@H](c3ccc(Cl)c(F)c3)N21. The van der Waals surface area contributed by atoms with Gasteiger partial charge in [-0.3, -0.25) is 14.5 Å². The largest absolute Gasteiger partial charge is 0.468 e. The van der Waals surface area contributed by atoms with E-state index in [-0.39, 0.29) is 35.0 Å². The highest BCUT2D eigenvalue weighted by atomic mass is 35.5. The average molecular weight is 513 g/mol. The lowest BCUT2D eigenvalue weighted by molar-refractivity contribution is -0.152. The lowest BCUT2D eigenvalue weighted by Crippen LogP contribution is -2.56. The van der Waals surface area contributed by atoms with Gasteiger partial charge in [-0.15, -0.1) is 0 Å². The number of methoxy groups -OCH3 is 1. The molecular formula is C27H30ClFN4O3. The number of hydrogen-bond acceptors (Lipinski definition) is 5. The van der Waals surface area contributed by atoms with Gasteiger partial charge in [0.1, 0.15) is 11.9 Å². The highest BCUT2D eigenvalue weighted by Crippen LogP contribution is 2.49. The first-order valence-corrected chi connectivity index (χ1v) is 12.6. The maximum Gasteiger partial charge on any atom is 0.323 e. The van der Waals surface area contributed by atoms with Gasteiger partial charge in [0.25, 0.3) is 0 Å². The van der Waals surface area contributed by atoms with Crippen LogP contribution in [0.1, 0.15) is 48.7 Å². The van der Waals surface area contributed by atoms with Crippen molar-refractivity contribution >= 4 is 34.4 Å². The van der Waals surface area contributed by atoms with Crippen LogP contribution in [0.3, 0.4) is 0 Å².